The smallest absolute Gasteiger partial charge is 0.340 e. The second-order valence-electron chi connectivity index (χ2n) is 5.94. The zero-order chi connectivity index (χ0) is 15.9. The zero-order valence-corrected chi connectivity index (χ0v) is 13.4. The van der Waals surface area contributed by atoms with Crippen LogP contribution in [0.15, 0.2) is 24.3 Å². The third kappa shape index (κ3) is 4.56. The number of piperidine rings is 1. The highest BCUT2D eigenvalue weighted by molar-refractivity contribution is 6.01. The van der Waals surface area contributed by atoms with Crippen molar-refractivity contribution in [3.05, 3.63) is 29.8 Å². The Hall–Kier alpha value is -1.88. The Morgan fingerprint density at radius 2 is 2.14 bits per heavy atom. The molecule has 1 fully saturated rings. The second kappa shape index (κ2) is 7.94. The molecule has 1 aliphatic heterocycles. The predicted octanol–water partition coefficient (Wildman–Crippen LogP) is 1.12. The Morgan fingerprint density at radius 3 is 2.86 bits per heavy atom. The topological polar surface area (TPSA) is 59.8 Å². The molecule has 1 unspecified atom stereocenters. The van der Waals surface area contributed by atoms with Crippen molar-refractivity contribution in [1.29, 1.82) is 0 Å². The van der Waals surface area contributed by atoms with Crippen molar-refractivity contribution < 1.29 is 19.2 Å². The molecule has 0 radical (unpaired) electrons. The van der Waals surface area contributed by atoms with Crippen LogP contribution in [0.25, 0.3) is 0 Å². The number of ether oxygens (including phenoxy) is 1. The van der Waals surface area contributed by atoms with E-state index < -0.39 is 5.97 Å². The highest BCUT2D eigenvalue weighted by atomic mass is 16.5. The lowest BCUT2D eigenvalue weighted by Gasteiger charge is -2.27. The van der Waals surface area contributed by atoms with Gasteiger partial charge in [0.05, 0.1) is 30.9 Å². The molecule has 0 spiro atoms. The SMILES string of the molecule is CCOC(=O)c1ccccc1NC(=O)C[NH+]1CCC[C@@H](C)C1. The van der Waals surface area contributed by atoms with Crippen LogP contribution in [-0.2, 0) is 9.53 Å². The number of benzene rings is 1. The van der Waals surface area contributed by atoms with Gasteiger partial charge in [-0.3, -0.25) is 4.79 Å². The number of anilines is 1. The molecule has 0 saturated carbocycles. The van der Waals surface area contributed by atoms with Gasteiger partial charge < -0.3 is 15.0 Å². The van der Waals surface area contributed by atoms with Gasteiger partial charge in [-0.05, 0) is 31.9 Å². The van der Waals surface area contributed by atoms with Crippen molar-refractivity contribution in [1.82, 2.24) is 0 Å². The number of rotatable bonds is 5. The molecule has 1 aliphatic rings. The van der Waals surface area contributed by atoms with Gasteiger partial charge in [0, 0.05) is 5.92 Å². The number of nitrogens with one attached hydrogen (secondary N) is 2. The maximum atomic E-state index is 12.2. The molecular weight excluding hydrogens is 280 g/mol. The number of amides is 1. The van der Waals surface area contributed by atoms with Gasteiger partial charge in [0.2, 0.25) is 0 Å². The minimum atomic E-state index is -0.405. The largest absolute Gasteiger partial charge is 0.462 e. The lowest BCUT2D eigenvalue weighted by molar-refractivity contribution is -0.900. The third-order valence-corrected chi connectivity index (χ3v) is 3.97. The van der Waals surface area contributed by atoms with Crippen LogP contribution in [0.5, 0.6) is 0 Å². The molecule has 0 aliphatic carbocycles. The number of likely N-dealkylation sites (tertiary alicyclic amines) is 1. The molecule has 0 aromatic heterocycles. The van der Waals surface area contributed by atoms with Crippen LogP contribution in [0.1, 0.15) is 37.0 Å². The number of carbonyl (C=O) groups is 2. The molecule has 2 N–H and O–H groups in total. The van der Waals surface area contributed by atoms with Crippen LogP contribution in [0.3, 0.4) is 0 Å². The van der Waals surface area contributed by atoms with E-state index in [2.05, 4.69) is 12.2 Å². The molecule has 2 rings (SSSR count). The van der Waals surface area contributed by atoms with Gasteiger partial charge in [-0.25, -0.2) is 4.79 Å². The molecule has 5 nitrogen and oxygen atoms in total. The van der Waals surface area contributed by atoms with Crippen LogP contribution in [0.2, 0.25) is 0 Å². The fourth-order valence-electron chi connectivity index (χ4n) is 2.96. The highest BCUT2D eigenvalue weighted by Crippen LogP contribution is 2.16. The van der Waals surface area contributed by atoms with Gasteiger partial charge in [0.1, 0.15) is 0 Å². The van der Waals surface area contributed by atoms with E-state index in [9.17, 15) is 9.59 Å². The quantitative estimate of drug-likeness (QED) is 0.801. The Morgan fingerprint density at radius 1 is 1.36 bits per heavy atom. The summed E-state index contributed by atoms with van der Waals surface area (Å²) in [5.74, 6) is 0.210. The molecule has 1 aromatic rings. The van der Waals surface area contributed by atoms with Crippen LogP contribution < -0.4 is 10.2 Å². The molecule has 2 atom stereocenters. The summed E-state index contributed by atoms with van der Waals surface area (Å²) in [7, 11) is 0. The summed E-state index contributed by atoms with van der Waals surface area (Å²) in [6.45, 7) is 6.83. The maximum absolute atomic E-state index is 12.2. The van der Waals surface area contributed by atoms with E-state index in [1.165, 1.54) is 17.7 Å². The van der Waals surface area contributed by atoms with Crippen molar-refractivity contribution in [2.45, 2.75) is 26.7 Å². The van der Waals surface area contributed by atoms with E-state index in [0.29, 0.717) is 30.3 Å². The number of para-hydroxylation sites is 1. The van der Waals surface area contributed by atoms with Gasteiger partial charge in [0.25, 0.3) is 5.91 Å². The van der Waals surface area contributed by atoms with E-state index in [4.69, 9.17) is 4.74 Å². The maximum Gasteiger partial charge on any atom is 0.340 e. The van der Waals surface area contributed by atoms with Crippen LogP contribution in [-0.4, -0.2) is 38.1 Å². The molecule has 1 aromatic carbocycles. The summed E-state index contributed by atoms with van der Waals surface area (Å²) in [6.07, 6.45) is 2.42. The van der Waals surface area contributed by atoms with E-state index in [1.54, 1.807) is 31.2 Å². The number of hydrogen-bond acceptors (Lipinski definition) is 3. The van der Waals surface area contributed by atoms with Crippen LogP contribution in [0.4, 0.5) is 5.69 Å². The average Bonchev–Trinajstić information content (AvgIpc) is 2.48. The minimum absolute atomic E-state index is 0.0548. The van der Waals surface area contributed by atoms with Crippen LogP contribution in [0, 0.1) is 5.92 Å². The van der Waals surface area contributed by atoms with Crippen molar-refractivity contribution in [2.24, 2.45) is 5.92 Å². The molecule has 1 saturated heterocycles. The lowest BCUT2D eigenvalue weighted by atomic mass is 10.0. The average molecular weight is 305 g/mol. The molecule has 1 amide bonds. The first-order valence-electron chi connectivity index (χ1n) is 7.99. The lowest BCUT2D eigenvalue weighted by Crippen LogP contribution is -3.14. The molecular formula is C17H25N2O3+. The van der Waals surface area contributed by atoms with E-state index >= 15 is 0 Å². The van der Waals surface area contributed by atoms with E-state index in [-0.39, 0.29) is 5.91 Å². The van der Waals surface area contributed by atoms with Gasteiger partial charge in [-0.2, -0.15) is 0 Å². The fourth-order valence-corrected chi connectivity index (χ4v) is 2.96. The van der Waals surface area contributed by atoms with Crippen molar-refractivity contribution >= 4 is 17.6 Å². The van der Waals surface area contributed by atoms with E-state index in [1.807, 2.05) is 0 Å². The summed E-state index contributed by atoms with van der Waals surface area (Å²) >= 11 is 0. The summed E-state index contributed by atoms with van der Waals surface area (Å²) in [5.41, 5.74) is 0.926. The Kier molecular flexibility index (Phi) is 5.95. The summed E-state index contributed by atoms with van der Waals surface area (Å²) in [4.78, 5) is 25.4. The zero-order valence-electron chi connectivity index (χ0n) is 13.4. The fraction of sp³-hybridized carbons (Fsp3) is 0.529. The molecule has 0 bridgehead atoms. The first-order chi connectivity index (χ1) is 10.6. The minimum Gasteiger partial charge on any atom is -0.462 e. The van der Waals surface area contributed by atoms with E-state index in [0.717, 1.165) is 13.1 Å². The van der Waals surface area contributed by atoms with Gasteiger partial charge in [0.15, 0.2) is 6.54 Å². The predicted molar refractivity (Wildman–Crippen MR) is 85.0 cm³/mol. The summed E-state index contributed by atoms with van der Waals surface area (Å²) in [5, 5.41) is 2.85. The highest BCUT2D eigenvalue weighted by Gasteiger charge is 2.22. The molecule has 120 valence electrons. The Labute approximate surface area is 131 Å². The van der Waals surface area contributed by atoms with Crippen LogP contribution >= 0.6 is 0 Å². The Balaban J connectivity index is 1.98. The first kappa shape index (κ1) is 16.5. The monoisotopic (exact) mass is 305 g/mol. The first-order valence-corrected chi connectivity index (χ1v) is 7.99. The van der Waals surface area contributed by atoms with Gasteiger partial charge in [-0.1, -0.05) is 19.1 Å². The van der Waals surface area contributed by atoms with Gasteiger partial charge in [-0.15, -0.1) is 0 Å². The number of quaternary nitrogens is 1. The standard InChI is InChI=1S/C17H24N2O3/c1-3-22-17(21)14-8-4-5-9-15(14)18-16(20)12-19-10-6-7-13(2)11-19/h4-5,8-9,13H,3,6-7,10-12H2,1-2H3,(H,18,20)/p+1/t13-/m1/s1. The van der Waals surface area contributed by atoms with Gasteiger partial charge >= 0.3 is 5.97 Å². The van der Waals surface area contributed by atoms with Crippen molar-refractivity contribution in [3.63, 3.8) is 0 Å². The third-order valence-electron chi connectivity index (χ3n) is 3.97. The van der Waals surface area contributed by atoms with Crippen molar-refractivity contribution in [3.8, 4) is 0 Å². The normalized spacial score (nSPS) is 21.2. The molecule has 22 heavy (non-hydrogen) atoms. The molecule has 5 heteroatoms. The number of esters is 1. The summed E-state index contributed by atoms with van der Waals surface area (Å²) in [6, 6.07) is 6.97. The Bertz CT molecular complexity index is 530. The molecule has 1 heterocycles. The number of carbonyl (C=O) groups excluding carboxylic acids is 2. The van der Waals surface area contributed by atoms with Crippen molar-refractivity contribution in [2.75, 3.05) is 31.6 Å². The second-order valence-corrected chi connectivity index (χ2v) is 5.94. The summed E-state index contributed by atoms with van der Waals surface area (Å²) < 4.78 is 5.02. The number of hydrogen-bond donors (Lipinski definition) is 2.